The second-order valence-electron chi connectivity index (χ2n) is 4.25. The van der Waals surface area contributed by atoms with Crippen LogP contribution in [0.3, 0.4) is 0 Å². The van der Waals surface area contributed by atoms with Crippen LogP contribution < -0.4 is 5.32 Å². The number of rotatable bonds is 1. The quantitative estimate of drug-likeness (QED) is 0.710. The van der Waals surface area contributed by atoms with Gasteiger partial charge in [0.1, 0.15) is 0 Å². The van der Waals surface area contributed by atoms with Gasteiger partial charge in [-0.2, -0.15) is 0 Å². The summed E-state index contributed by atoms with van der Waals surface area (Å²) in [7, 11) is 0. The Morgan fingerprint density at radius 3 is 2.93 bits per heavy atom. The Morgan fingerprint density at radius 1 is 1.43 bits per heavy atom. The summed E-state index contributed by atoms with van der Waals surface area (Å²) in [5.74, 6) is 0.378. The molecule has 2 rings (SSSR count). The van der Waals surface area contributed by atoms with Crippen molar-refractivity contribution in [3.05, 3.63) is 28.8 Å². The predicted molar refractivity (Wildman–Crippen MR) is 58.7 cm³/mol. The second-order valence-corrected chi connectivity index (χ2v) is 4.25. The first-order chi connectivity index (χ1) is 6.70. The molecule has 0 fully saturated rings. The summed E-state index contributed by atoms with van der Waals surface area (Å²) >= 11 is 0. The number of aliphatic hydroxyl groups excluding tert-OH is 1. The van der Waals surface area contributed by atoms with Gasteiger partial charge < -0.3 is 10.4 Å². The zero-order valence-corrected chi connectivity index (χ0v) is 8.80. The minimum Gasteiger partial charge on any atom is -0.396 e. The molecule has 0 aromatic heterocycles. The fourth-order valence-corrected chi connectivity index (χ4v) is 2.23. The molecule has 2 N–H and O–H groups in total. The van der Waals surface area contributed by atoms with Gasteiger partial charge in [0, 0.05) is 24.8 Å². The van der Waals surface area contributed by atoms with E-state index in [1.807, 2.05) is 0 Å². The van der Waals surface area contributed by atoms with E-state index in [2.05, 4.69) is 31.3 Å². The molecule has 14 heavy (non-hydrogen) atoms. The molecule has 1 aromatic carbocycles. The SMILES string of the molecule is Cc1cc(C)c2c(c1)CC(CO)CN2. The van der Waals surface area contributed by atoms with Crippen LogP contribution in [-0.2, 0) is 6.42 Å². The van der Waals surface area contributed by atoms with Crippen molar-refractivity contribution < 1.29 is 5.11 Å². The molecule has 2 nitrogen and oxygen atoms in total. The van der Waals surface area contributed by atoms with E-state index in [1.165, 1.54) is 22.4 Å². The van der Waals surface area contributed by atoms with Crippen LogP contribution in [0.25, 0.3) is 0 Å². The summed E-state index contributed by atoms with van der Waals surface area (Å²) in [6.07, 6.45) is 1.00. The number of nitrogens with one attached hydrogen (secondary N) is 1. The smallest absolute Gasteiger partial charge is 0.0479 e. The average molecular weight is 191 g/mol. The van der Waals surface area contributed by atoms with Crippen molar-refractivity contribution in [2.75, 3.05) is 18.5 Å². The summed E-state index contributed by atoms with van der Waals surface area (Å²) < 4.78 is 0. The molecule has 0 amide bonds. The third-order valence-corrected chi connectivity index (χ3v) is 2.90. The standard InChI is InChI=1S/C12H17NO/c1-8-3-9(2)12-11(4-8)5-10(7-14)6-13-12/h3-4,10,13-14H,5-7H2,1-2H3. The van der Waals surface area contributed by atoms with Crippen molar-refractivity contribution in [2.24, 2.45) is 5.92 Å². The second kappa shape index (κ2) is 3.62. The fourth-order valence-electron chi connectivity index (χ4n) is 2.23. The van der Waals surface area contributed by atoms with Gasteiger partial charge in [-0.05, 0) is 31.4 Å². The van der Waals surface area contributed by atoms with Crippen LogP contribution in [0.5, 0.6) is 0 Å². The summed E-state index contributed by atoms with van der Waals surface area (Å²) in [6, 6.07) is 4.42. The highest BCUT2D eigenvalue weighted by Gasteiger charge is 2.18. The summed E-state index contributed by atoms with van der Waals surface area (Å²) in [4.78, 5) is 0. The van der Waals surface area contributed by atoms with Gasteiger partial charge in [-0.1, -0.05) is 17.7 Å². The zero-order valence-electron chi connectivity index (χ0n) is 8.80. The van der Waals surface area contributed by atoms with E-state index in [4.69, 9.17) is 5.11 Å². The van der Waals surface area contributed by atoms with Crippen LogP contribution in [0, 0.1) is 19.8 Å². The first-order valence-electron chi connectivity index (χ1n) is 5.15. The van der Waals surface area contributed by atoms with Gasteiger partial charge in [0.05, 0.1) is 0 Å². The molecule has 1 aliphatic rings. The van der Waals surface area contributed by atoms with E-state index in [-0.39, 0.29) is 6.61 Å². The van der Waals surface area contributed by atoms with E-state index in [0.29, 0.717) is 5.92 Å². The first-order valence-corrected chi connectivity index (χ1v) is 5.15. The molecule has 0 aliphatic carbocycles. The first kappa shape index (κ1) is 9.53. The van der Waals surface area contributed by atoms with Gasteiger partial charge in [0.25, 0.3) is 0 Å². The Hall–Kier alpha value is -1.02. The summed E-state index contributed by atoms with van der Waals surface area (Å²) in [6.45, 7) is 5.43. The Balaban J connectivity index is 2.37. The Labute approximate surface area is 85.0 Å². The lowest BCUT2D eigenvalue weighted by molar-refractivity contribution is 0.230. The maximum absolute atomic E-state index is 9.12. The van der Waals surface area contributed by atoms with Crippen molar-refractivity contribution in [3.63, 3.8) is 0 Å². The number of hydrogen-bond acceptors (Lipinski definition) is 2. The lowest BCUT2D eigenvalue weighted by Crippen LogP contribution is -2.26. The highest BCUT2D eigenvalue weighted by Crippen LogP contribution is 2.28. The molecule has 1 aromatic rings. The molecule has 0 radical (unpaired) electrons. The highest BCUT2D eigenvalue weighted by atomic mass is 16.3. The van der Waals surface area contributed by atoms with Crippen LogP contribution in [-0.4, -0.2) is 18.3 Å². The Bertz CT molecular complexity index is 346. The molecule has 1 atom stereocenters. The van der Waals surface area contributed by atoms with Gasteiger partial charge in [-0.25, -0.2) is 0 Å². The minimum atomic E-state index is 0.277. The van der Waals surface area contributed by atoms with E-state index in [1.54, 1.807) is 0 Å². The van der Waals surface area contributed by atoms with Crippen molar-refractivity contribution in [1.29, 1.82) is 0 Å². The van der Waals surface area contributed by atoms with Crippen molar-refractivity contribution in [3.8, 4) is 0 Å². The van der Waals surface area contributed by atoms with Gasteiger partial charge in [0.2, 0.25) is 0 Å². The third kappa shape index (κ3) is 1.62. The topological polar surface area (TPSA) is 32.3 Å². The maximum Gasteiger partial charge on any atom is 0.0479 e. The molecule has 1 heterocycles. The zero-order chi connectivity index (χ0) is 10.1. The normalized spacial score (nSPS) is 20.1. The molecular weight excluding hydrogens is 174 g/mol. The average Bonchev–Trinajstić information content (AvgIpc) is 2.16. The van der Waals surface area contributed by atoms with Crippen molar-refractivity contribution in [1.82, 2.24) is 0 Å². The van der Waals surface area contributed by atoms with Crippen molar-refractivity contribution in [2.45, 2.75) is 20.3 Å². The molecule has 0 saturated heterocycles. The lowest BCUT2D eigenvalue weighted by Gasteiger charge is -2.26. The van der Waals surface area contributed by atoms with Gasteiger partial charge in [0.15, 0.2) is 0 Å². The number of aliphatic hydroxyl groups is 1. The Morgan fingerprint density at radius 2 is 2.21 bits per heavy atom. The van der Waals surface area contributed by atoms with Crippen LogP contribution in [0.1, 0.15) is 16.7 Å². The monoisotopic (exact) mass is 191 g/mol. The number of benzene rings is 1. The van der Waals surface area contributed by atoms with Crippen LogP contribution in [0.2, 0.25) is 0 Å². The van der Waals surface area contributed by atoms with Gasteiger partial charge >= 0.3 is 0 Å². The number of hydrogen-bond donors (Lipinski definition) is 2. The number of fused-ring (bicyclic) bond motifs is 1. The molecule has 2 heteroatoms. The fraction of sp³-hybridized carbons (Fsp3) is 0.500. The van der Waals surface area contributed by atoms with E-state index in [0.717, 1.165) is 13.0 Å². The molecule has 0 spiro atoms. The molecule has 1 unspecified atom stereocenters. The highest BCUT2D eigenvalue weighted by molar-refractivity contribution is 5.60. The van der Waals surface area contributed by atoms with Crippen LogP contribution >= 0.6 is 0 Å². The predicted octanol–water partition coefficient (Wildman–Crippen LogP) is 1.88. The number of aryl methyl sites for hydroxylation is 2. The minimum absolute atomic E-state index is 0.277. The summed E-state index contributed by atoms with van der Waals surface area (Å²) in [5, 5.41) is 12.5. The Kier molecular flexibility index (Phi) is 2.46. The van der Waals surface area contributed by atoms with Gasteiger partial charge in [-0.15, -0.1) is 0 Å². The molecular formula is C12H17NO. The maximum atomic E-state index is 9.12. The molecule has 76 valence electrons. The summed E-state index contributed by atoms with van der Waals surface area (Å²) in [5.41, 5.74) is 5.26. The van der Waals surface area contributed by atoms with Crippen LogP contribution in [0.4, 0.5) is 5.69 Å². The van der Waals surface area contributed by atoms with E-state index in [9.17, 15) is 0 Å². The van der Waals surface area contributed by atoms with E-state index >= 15 is 0 Å². The van der Waals surface area contributed by atoms with Crippen LogP contribution in [0.15, 0.2) is 12.1 Å². The number of anilines is 1. The van der Waals surface area contributed by atoms with E-state index < -0.39 is 0 Å². The molecule has 1 aliphatic heterocycles. The lowest BCUT2D eigenvalue weighted by atomic mass is 9.91. The van der Waals surface area contributed by atoms with Gasteiger partial charge in [-0.3, -0.25) is 0 Å². The molecule has 0 bridgehead atoms. The van der Waals surface area contributed by atoms with Crippen molar-refractivity contribution >= 4 is 5.69 Å². The third-order valence-electron chi connectivity index (χ3n) is 2.90. The largest absolute Gasteiger partial charge is 0.396 e. The molecule has 0 saturated carbocycles.